The normalized spacial score (nSPS) is 16.5. The first-order chi connectivity index (χ1) is 13.1. The summed E-state index contributed by atoms with van der Waals surface area (Å²) in [6, 6.07) is 3.41. The fourth-order valence-corrected chi connectivity index (χ4v) is 4.08. The van der Waals surface area contributed by atoms with Crippen LogP contribution in [-0.4, -0.2) is 57.2 Å². The van der Waals surface area contributed by atoms with E-state index in [0.717, 1.165) is 0 Å². The zero-order valence-electron chi connectivity index (χ0n) is 16.6. The number of nitrogens with one attached hydrogen (secondary N) is 1. The number of sulfonamides is 1. The fourth-order valence-electron chi connectivity index (χ4n) is 2.94. The van der Waals surface area contributed by atoms with Gasteiger partial charge in [-0.1, -0.05) is 11.6 Å². The van der Waals surface area contributed by atoms with Crippen LogP contribution in [0.4, 0.5) is 0 Å². The highest BCUT2D eigenvalue weighted by Gasteiger charge is 2.25. The lowest BCUT2D eigenvalue weighted by molar-refractivity contribution is -0.117. The molecule has 1 N–H and O–H groups in total. The molecule has 1 aliphatic rings. The molecule has 1 amide bonds. The zero-order chi connectivity index (χ0) is 20.9. The Morgan fingerprint density at radius 2 is 1.96 bits per heavy atom. The Labute approximate surface area is 171 Å². The summed E-state index contributed by atoms with van der Waals surface area (Å²) in [5.74, 6) is 0.725. The second kappa shape index (κ2) is 9.62. The van der Waals surface area contributed by atoms with Crippen molar-refractivity contribution in [1.29, 1.82) is 0 Å². The second-order valence-electron chi connectivity index (χ2n) is 6.98. The number of benzene rings is 1. The van der Waals surface area contributed by atoms with Crippen LogP contribution in [-0.2, 0) is 14.8 Å². The minimum Gasteiger partial charge on any atom is -0.493 e. The van der Waals surface area contributed by atoms with Gasteiger partial charge in [0.05, 0.1) is 24.5 Å². The van der Waals surface area contributed by atoms with E-state index in [-0.39, 0.29) is 18.1 Å². The molecule has 156 valence electrons. The summed E-state index contributed by atoms with van der Waals surface area (Å²) in [6.45, 7) is 4.62. The number of piperidine rings is 1. The molecule has 2 rings (SSSR count). The maximum Gasteiger partial charge on any atom is 0.244 e. The number of amides is 1. The molecule has 1 aliphatic heterocycles. The summed E-state index contributed by atoms with van der Waals surface area (Å²) in [4.78, 5) is 12.2. The van der Waals surface area contributed by atoms with E-state index in [0.29, 0.717) is 48.0 Å². The number of nitrogens with zero attached hydrogens (tertiary/aromatic N) is 1. The summed E-state index contributed by atoms with van der Waals surface area (Å²) in [5, 5.41) is 3.31. The van der Waals surface area contributed by atoms with Gasteiger partial charge in [0, 0.05) is 25.2 Å². The molecular weight excluding hydrogens is 404 g/mol. The topological polar surface area (TPSA) is 84.9 Å². The van der Waals surface area contributed by atoms with Gasteiger partial charge in [0.2, 0.25) is 15.9 Å². The van der Waals surface area contributed by atoms with Gasteiger partial charge < -0.3 is 14.8 Å². The number of carbonyl (C=O) groups is 1. The van der Waals surface area contributed by atoms with Crippen LogP contribution in [0.2, 0.25) is 5.02 Å². The molecule has 1 aromatic rings. The predicted octanol–water partition coefficient (Wildman–Crippen LogP) is 2.69. The van der Waals surface area contributed by atoms with Gasteiger partial charge in [-0.25, -0.2) is 12.7 Å². The van der Waals surface area contributed by atoms with Crippen molar-refractivity contribution in [3.8, 4) is 11.5 Å². The zero-order valence-corrected chi connectivity index (χ0v) is 18.1. The lowest BCUT2D eigenvalue weighted by Gasteiger charge is -2.30. The molecule has 0 radical (unpaired) electrons. The molecule has 0 spiro atoms. The number of ether oxygens (including phenoxy) is 2. The summed E-state index contributed by atoms with van der Waals surface area (Å²) < 4.78 is 35.5. The fraction of sp³-hybridized carbons (Fsp3) is 0.526. The van der Waals surface area contributed by atoms with E-state index in [1.54, 1.807) is 18.2 Å². The number of rotatable bonds is 7. The van der Waals surface area contributed by atoms with Crippen LogP contribution in [0.1, 0.15) is 32.3 Å². The van der Waals surface area contributed by atoms with E-state index in [1.807, 2.05) is 13.8 Å². The third-order valence-corrected chi connectivity index (χ3v) is 5.89. The Balaban J connectivity index is 1.98. The third-order valence-electron chi connectivity index (χ3n) is 4.30. The van der Waals surface area contributed by atoms with Crippen LogP contribution >= 0.6 is 11.6 Å². The Kier molecular flexibility index (Phi) is 7.74. The average molecular weight is 431 g/mol. The van der Waals surface area contributed by atoms with E-state index in [4.69, 9.17) is 21.1 Å². The molecule has 0 saturated carbocycles. The minimum absolute atomic E-state index is 0.0462. The van der Waals surface area contributed by atoms with Crippen molar-refractivity contribution in [2.24, 2.45) is 0 Å². The van der Waals surface area contributed by atoms with Crippen molar-refractivity contribution in [2.45, 2.75) is 38.8 Å². The van der Waals surface area contributed by atoms with Crippen molar-refractivity contribution in [3.05, 3.63) is 28.8 Å². The number of methoxy groups -OCH3 is 1. The Morgan fingerprint density at radius 1 is 1.32 bits per heavy atom. The van der Waals surface area contributed by atoms with Crippen molar-refractivity contribution in [2.75, 3.05) is 26.5 Å². The largest absolute Gasteiger partial charge is 0.493 e. The SMILES string of the molecule is COc1cc(/C=C/C(=O)NC2CCN(S(C)(=O)=O)CC2)cc(Cl)c1OC(C)C. The highest BCUT2D eigenvalue weighted by atomic mass is 35.5. The van der Waals surface area contributed by atoms with Gasteiger partial charge in [-0.3, -0.25) is 4.79 Å². The summed E-state index contributed by atoms with van der Waals surface area (Å²) in [7, 11) is -1.64. The van der Waals surface area contributed by atoms with Gasteiger partial charge in [-0.15, -0.1) is 0 Å². The molecule has 0 atom stereocenters. The Morgan fingerprint density at radius 3 is 2.50 bits per heavy atom. The maximum absolute atomic E-state index is 12.2. The minimum atomic E-state index is -3.17. The van der Waals surface area contributed by atoms with Crippen LogP contribution in [0.15, 0.2) is 18.2 Å². The van der Waals surface area contributed by atoms with Gasteiger partial charge in [-0.05, 0) is 50.5 Å². The van der Waals surface area contributed by atoms with Crippen LogP contribution < -0.4 is 14.8 Å². The van der Waals surface area contributed by atoms with Gasteiger partial charge in [0.1, 0.15) is 0 Å². The third kappa shape index (κ3) is 6.39. The van der Waals surface area contributed by atoms with E-state index in [1.165, 1.54) is 23.7 Å². The first-order valence-corrected chi connectivity index (χ1v) is 11.3. The summed E-state index contributed by atoms with van der Waals surface area (Å²) in [5.41, 5.74) is 0.708. The molecule has 0 aromatic heterocycles. The van der Waals surface area contributed by atoms with Gasteiger partial charge in [-0.2, -0.15) is 0 Å². The van der Waals surface area contributed by atoms with E-state index in [2.05, 4.69) is 5.32 Å². The first kappa shape index (κ1) is 22.5. The molecule has 0 unspecified atom stereocenters. The molecular formula is C19H27ClN2O5S. The molecule has 0 bridgehead atoms. The van der Waals surface area contributed by atoms with Crippen LogP contribution in [0.5, 0.6) is 11.5 Å². The molecule has 1 heterocycles. The average Bonchev–Trinajstić information content (AvgIpc) is 2.61. The molecule has 1 fully saturated rings. The smallest absolute Gasteiger partial charge is 0.244 e. The molecule has 7 nitrogen and oxygen atoms in total. The van der Waals surface area contributed by atoms with Gasteiger partial charge >= 0.3 is 0 Å². The standard InChI is InChI=1S/C19H27ClN2O5S/c1-13(2)27-19-16(20)11-14(12-17(19)26-3)5-6-18(23)21-15-7-9-22(10-8-15)28(4,24)25/h5-6,11-13,15H,7-10H2,1-4H3,(H,21,23)/b6-5+. The van der Waals surface area contributed by atoms with Crippen molar-refractivity contribution < 1.29 is 22.7 Å². The van der Waals surface area contributed by atoms with Gasteiger partial charge in [0.15, 0.2) is 11.5 Å². The highest BCUT2D eigenvalue weighted by molar-refractivity contribution is 7.88. The lowest BCUT2D eigenvalue weighted by Crippen LogP contribution is -2.45. The number of carbonyl (C=O) groups excluding carboxylic acids is 1. The molecule has 1 saturated heterocycles. The second-order valence-corrected chi connectivity index (χ2v) is 9.37. The van der Waals surface area contributed by atoms with E-state index >= 15 is 0 Å². The van der Waals surface area contributed by atoms with Crippen molar-refractivity contribution in [1.82, 2.24) is 9.62 Å². The number of hydrogen-bond acceptors (Lipinski definition) is 5. The maximum atomic E-state index is 12.2. The van der Waals surface area contributed by atoms with Crippen LogP contribution in [0, 0.1) is 0 Å². The van der Waals surface area contributed by atoms with Gasteiger partial charge in [0.25, 0.3) is 0 Å². The summed E-state index contributed by atoms with van der Waals surface area (Å²) >= 11 is 6.29. The monoisotopic (exact) mass is 430 g/mol. The first-order valence-electron chi connectivity index (χ1n) is 9.08. The summed E-state index contributed by atoms with van der Waals surface area (Å²) in [6.07, 6.45) is 5.41. The molecule has 9 heteroatoms. The number of hydrogen-bond donors (Lipinski definition) is 1. The van der Waals surface area contributed by atoms with E-state index in [9.17, 15) is 13.2 Å². The van der Waals surface area contributed by atoms with Crippen LogP contribution in [0.25, 0.3) is 6.08 Å². The van der Waals surface area contributed by atoms with Crippen LogP contribution in [0.3, 0.4) is 0 Å². The van der Waals surface area contributed by atoms with Crippen molar-refractivity contribution in [3.63, 3.8) is 0 Å². The Bertz CT molecular complexity index is 831. The highest BCUT2D eigenvalue weighted by Crippen LogP contribution is 2.37. The van der Waals surface area contributed by atoms with Crippen molar-refractivity contribution >= 4 is 33.6 Å². The lowest BCUT2D eigenvalue weighted by atomic mass is 10.1. The molecule has 28 heavy (non-hydrogen) atoms. The molecule has 0 aliphatic carbocycles. The molecule has 1 aromatic carbocycles. The quantitative estimate of drug-likeness (QED) is 0.672. The predicted molar refractivity (Wildman–Crippen MR) is 110 cm³/mol. The Hall–Kier alpha value is -1.77. The van der Waals surface area contributed by atoms with E-state index < -0.39 is 10.0 Å². The number of halogens is 1.